The van der Waals surface area contributed by atoms with Gasteiger partial charge in [0, 0.05) is 11.8 Å². The van der Waals surface area contributed by atoms with Gasteiger partial charge in [-0.1, -0.05) is 30.3 Å². The molecule has 0 saturated carbocycles. The smallest absolute Gasteiger partial charge is 0.138 e. The van der Waals surface area contributed by atoms with Crippen molar-refractivity contribution < 1.29 is 10.2 Å². The zero-order chi connectivity index (χ0) is 15.6. The molecule has 118 valence electrons. The van der Waals surface area contributed by atoms with Crippen LogP contribution in [0, 0.1) is 6.92 Å². The average Bonchev–Trinajstić information content (AvgIpc) is 2.94. The quantitative estimate of drug-likeness (QED) is 0.716. The third-order valence-electron chi connectivity index (χ3n) is 4.75. The summed E-state index contributed by atoms with van der Waals surface area (Å²) in [6.45, 7) is 8.09. The maximum Gasteiger partial charge on any atom is 0.138 e. The molecule has 1 fully saturated rings. The Morgan fingerprint density at radius 2 is 1.91 bits per heavy atom. The number of hydrogen-bond acceptors (Lipinski definition) is 1. The second kappa shape index (κ2) is 6.14. The molecular weight excluding hydrogens is 284 g/mol. The number of fused-ring (bicyclic) bond motifs is 1. The molecular formula is C19H24N4+2. The van der Waals surface area contributed by atoms with Gasteiger partial charge in [-0.05, 0) is 24.6 Å². The van der Waals surface area contributed by atoms with E-state index < -0.39 is 0 Å². The molecule has 0 atom stereocenters. The molecule has 0 aliphatic carbocycles. The van der Waals surface area contributed by atoms with E-state index in [1.165, 1.54) is 43.0 Å². The van der Waals surface area contributed by atoms with Crippen LogP contribution in [0.3, 0.4) is 0 Å². The van der Waals surface area contributed by atoms with Gasteiger partial charge in [0.1, 0.15) is 44.1 Å². The highest BCUT2D eigenvalue weighted by atomic mass is 15.2. The van der Waals surface area contributed by atoms with Crippen molar-refractivity contribution in [2.75, 3.05) is 26.2 Å². The summed E-state index contributed by atoms with van der Waals surface area (Å²) in [6.07, 6.45) is 2.18. The third-order valence-corrected chi connectivity index (χ3v) is 4.75. The maximum atomic E-state index is 4.95. The number of piperazine rings is 1. The summed E-state index contributed by atoms with van der Waals surface area (Å²) in [4.78, 5) is 6.61. The van der Waals surface area contributed by atoms with Gasteiger partial charge in [0.25, 0.3) is 0 Å². The summed E-state index contributed by atoms with van der Waals surface area (Å²) in [5.74, 6) is 0. The first-order chi connectivity index (χ1) is 11.3. The zero-order valence-electron chi connectivity index (χ0n) is 13.6. The summed E-state index contributed by atoms with van der Waals surface area (Å²) in [6, 6.07) is 14.9. The second-order valence-electron chi connectivity index (χ2n) is 6.50. The topological polar surface area (TPSA) is 38.4 Å². The summed E-state index contributed by atoms with van der Waals surface area (Å²) >= 11 is 0. The summed E-state index contributed by atoms with van der Waals surface area (Å²) in [7, 11) is 0. The van der Waals surface area contributed by atoms with Gasteiger partial charge in [-0.3, -0.25) is 4.40 Å². The van der Waals surface area contributed by atoms with Crippen molar-refractivity contribution in [1.29, 1.82) is 0 Å². The highest BCUT2D eigenvalue weighted by Crippen LogP contribution is 2.24. The zero-order valence-corrected chi connectivity index (χ0v) is 13.6. The number of quaternary nitrogens is 2. The predicted molar refractivity (Wildman–Crippen MR) is 91.4 cm³/mol. The highest BCUT2D eigenvalue weighted by Gasteiger charge is 2.22. The molecule has 1 saturated heterocycles. The van der Waals surface area contributed by atoms with Gasteiger partial charge in [-0.25, -0.2) is 4.98 Å². The van der Waals surface area contributed by atoms with E-state index in [-0.39, 0.29) is 0 Å². The molecule has 0 unspecified atom stereocenters. The van der Waals surface area contributed by atoms with E-state index in [9.17, 15) is 0 Å². The molecule has 4 nitrogen and oxygen atoms in total. The molecule has 4 rings (SSSR count). The monoisotopic (exact) mass is 308 g/mol. The molecule has 23 heavy (non-hydrogen) atoms. The van der Waals surface area contributed by atoms with E-state index in [4.69, 9.17) is 4.98 Å². The minimum absolute atomic E-state index is 1.04. The Kier molecular flexibility index (Phi) is 3.85. The van der Waals surface area contributed by atoms with E-state index in [0.29, 0.717) is 0 Å². The molecule has 1 aliphatic rings. The molecule has 3 N–H and O–H groups in total. The van der Waals surface area contributed by atoms with Crippen molar-refractivity contribution >= 4 is 5.65 Å². The lowest BCUT2D eigenvalue weighted by Gasteiger charge is -2.22. The Hall–Kier alpha value is -2.17. The molecule has 0 bridgehead atoms. The molecule has 4 heteroatoms. The fourth-order valence-electron chi connectivity index (χ4n) is 3.49. The van der Waals surface area contributed by atoms with Gasteiger partial charge < -0.3 is 10.2 Å². The second-order valence-corrected chi connectivity index (χ2v) is 6.50. The van der Waals surface area contributed by atoms with Gasteiger partial charge in [-0.2, -0.15) is 0 Å². The molecule has 0 spiro atoms. The number of aryl methyl sites for hydroxylation is 1. The Morgan fingerprint density at radius 1 is 1.13 bits per heavy atom. The van der Waals surface area contributed by atoms with Crippen LogP contribution in [0.1, 0.15) is 11.3 Å². The van der Waals surface area contributed by atoms with Gasteiger partial charge in [0.2, 0.25) is 0 Å². The Labute approximate surface area is 136 Å². The number of imidazole rings is 1. The molecule has 0 amide bonds. The predicted octanol–water partition coefficient (Wildman–Crippen LogP) is 0.272. The largest absolute Gasteiger partial charge is 0.337 e. The van der Waals surface area contributed by atoms with Crippen LogP contribution in [-0.4, -0.2) is 35.6 Å². The number of benzene rings is 1. The minimum atomic E-state index is 1.04. The number of aromatic nitrogens is 2. The summed E-state index contributed by atoms with van der Waals surface area (Å²) < 4.78 is 2.28. The number of nitrogens with one attached hydrogen (secondary N) is 1. The number of pyridine rings is 1. The van der Waals surface area contributed by atoms with Crippen LogP contribution in [0.15, 0.2) is 48.7 Å². The maximum absolute atomic E-state index is 4.95. The van der Waals surface area contributed by atoms with Crippen molar-refractivity contribution in [3.63, 3.8) is 0 Å². The fraction of sp³-hybridized carbons (Fsp3) is 0.316. The van der Waals surface area contributed by atoms with Crippen LogP contribution in [0.25, 0.3) is 16.9 Å². The lowest BCUT2D eigenvalue weighted by atomic mass is 10.1. The molecule has 3 aromatic rings. The summed E-state index contributed by atoms with van der Waals surface area (Å²) in [5, 5.41) is 2.42. The van der Waals surface area contributed by atoms with Crippen LogP contribution in [0.5, 0.6) is 0 Å². The number of rotatable bonds is 3. The Balaban J connectivity index is 1.81. The normalized spacial score (nSPS) is 16.0. The van der Waals surface area contributed by atoms with E-state index in [2.05, 4.69) is 65.3 Å². The number of hydrogen-bond donors (Lipinski definition) is 2. The van der Waals surface area contributed by atoms with Gasteiger partial charge in [-0.15, -0.1) is 0 Å². The van der Waals surface area contributed by atoms with Crippen molar-refractivity contribution in [2.45, 2.75) is 13.5 Å². The molecule has 3 heterocycles. The van der Waals surface area contributed by atoms with Crippen LogP contribution >= 0.6 is 0 Å². The third kappa shape index (κ3) is 2.87. The minimum Gasteiger partial charge on any atom is -0.337 e. The number of nitrogens with two attached hydrogens (primary N) is 1. The van der Waals surface area contributed by atoms with Crippen LogP contribution in [-0.2, 0) is 6.54 Å². The van der Waals surface area contributed by atoms with E-state index in [1.807, 2.05) is 0 Å². The lowest BCUT2D eigenvalue weighted by molar-refractivity contribution is -0.958. The van der Waals surface area contributed by atoms with Gasteiger partial charge >= 0.3 is 0 Å². The molecule has 2 aromatic heterocycles. The van der Waals surface area contributed by atoms with Gasteiger partial charge in [0.05, 0.1) is 5.69 Å². The summed E-state index contributed by atoms with van der Waals surface area (Å²) in [5.41, 5.74) is 6.00. The number of nitrogens with zero attached hydrogens (tertiary/aromatic N) is 2. The van der Waals surface area contributed by atoms with Crippen LogP contribution in [0.4, 0.5) is 0 Å². The van der Waals surface area contributed by atoms with Gasteiger partial charge in [0.15, 0.2) is 0 Å². The van der Waals surface area contributed by atoms with Crippen molar-refractivity contribution in [1.82, 2.24) is 9.38 Å². The Bertz CT molecular complexity index is 801. The lowest BCUT2D eigenvalue weighted by Crippen LogP contribution is -3.19. The van der Waals surface area contributed by atoms with Crippen LogP contribution in [0.2, 0.25) is 0 Å². The first-order valence-electron chi connectivity index (χ1n) is 8.49. The SMILES string of the molecule is Cc1ccn2c(C[NH+]3CC[NH2+]CC3)c(-c3ccccc3)nc2c1. The van der Waals surface area contributed by atoms with E-state index in [0.717, 1.165) is 17.9 Å². The standard InChI is InChI=1S/C19H22N4/c1-15-7-10-23-17(14-22-11-8-20-9-12-22)19(21-18(23)13-15)16-5-3-2-4-6-16/h2-7,10,13,20H,8-9,11-12,14H2,1H3/p+2. The van der Waals surface area contributed by atoms with E-state index >= 15 is 0 Å². The average molecular weight is 308 g/mol. The van der Waals surface area contributed by atoms with Crippen molar-refractivity contribution in [3.05, 3.63) is 59.9 Å². The molecule has 0 radical (unpaired) electrons. The Morgan fingerprint density at radius 3 is 2.70 bits per heavy atom. The molecule has 1 aromatic carbocycles. The highest BCUT2D eigenvalue weighted by molar-refractivity contribution is 5.66. The van der Waals surface area contributed by atoms with Crippen LogP contribution < -0.4 is 10.2 Å². The first-order valence-corrected chi connectivity index (χ1v) is 8.49. The fourth-order valence-corrected chi connectivity index (χ4v) is 3.49. The van der Waals surface area contributed by atoms with Crippen molar-refractivity contribution in [2.24, 2.45) is 0 Å². The molecule has 1 aliphatic heterocycles. The van der Waals surface area contributed by atoms with Crippen molar-refractivity contribution in [3.8, 4) is 11.3 Å². The van der Waals surface area contributed by atoms with E-state index in [1.54, 1.807) is 4.90 Å². The first kappa shape index (κ1) is 14.4.